The second-order valence-electron chi connectivity index (χ2n) is 3.58. The van der Waals surface area contributed by atoms with Crippen molar-refractivity contribution in [1.29, 1.82) is 0 Å². The molecule has 1 amide bonds. The zero-order valence-corrected chi connectivity index (χ0v) is 8.99. The highest BCUT2D eigenvalue weighted by Gasteiger charge is 2.25. The van der Waals surface area contributed by atoms with Crippen molar-refractivity contribution in [1.82, 2.24) is 4.90 Å². The fourth-order valence-corrected chi connectivity index (χ4v) is 1.34. The summed E-state index contributed by atoms with van der Waals surface area (Å²) in [5, 5.41) is 0. The summed E-state index contributed by atoms with van der Waals surface area (Å²) in [6.07, 6.45) is 2.27. The van der Waals surface area contributed by atoms with Crippen LogP contribution in [0.3, 0.4) is 0 Å². The van der Waals surface area contributed by atoms with E-state index in [9.17, 15) is 4.79 Å². The van der Waals surface area contributed by atoms with Gasteiger partial charge in [-0.15, -0.1) is 0 Å². The molecule has 0 bridgehead atoms. The largest absolute Gasteiger partial charge is 0.387 e. The van der Waals surface area contributed by atoms with E-state index >= 15 is 0 Å². The Morgan fingerprint density at radius 2 is 2.00 bits per heavy atom. The van der Waals surface area contributed by atoms with Crippen molar-refractivity contribution in [2.45, 2.75) is 26.7 Å². The third-order valence-corrected chi connectivity index (χ3v) is 2.51. The molecule has 1 saturated carbocycles. The molecule has 2 N–H and O–H groups in total. The van der Waals surface area contributed by atoms with Crippen molar-refractivity contribution in [2.24, 2.45) is 16.6 Å². The highest BCUT2D eigenvalue weighted by Crippen LogP contribution is 2.28. The van der Waals surface area contributed by atoms with E-state index in [0.717, 1.165) is 25.9 Å². The van der Waals surface area contributed by atoms with Crippen molar-refractivity contribution in [3.63, 3.8) is 0 Å². The molecule has 1 fully saturated rings. The van der Waals surface area contributed by atoms with Crippen LogP contribution in [-0.2, 0) is 4.79 Å². The molecule has 0 aliphatic heterocycles. The molecule has 1 aliphatic carbocycles. The Morgan fingerprint density at radius 3 is 2.43 bits per heavy atom. The lowest BCUT2D eigenvalue weighted by atomic mass is 10.4. The molecule has 0 unspecified atom stereocenters. The maximum atomic E-state index is 11.5. The van der Waals surface area contributed by atoms with Gasteiger partial charge in [0.1, 0.15) is 6.54 Å². The van der Waals surface area contributed by atoms with Crippen LogP contribution in [0, 0.1) is 5.92 Å². The number of rotatable bonds is 5. The smallest absolute Gasteiger partial charge is 0.244 e. The van der Waals surface area contributed by atoms with Gasteiger partial charge in [0.15, 0.2) is 0 Å². The van der Waals surface area contributed by atoms with E-state index in [4.69, 9.17) is 5.73 Å². The summed E-state index contributed by atoms with van der Waals surface area (Å²) in [6, 6.07) is 0. The summed E-state index contributed by atoms with van der Waals surface area (Å²) in [5.41, 5.74) is 5.69. The van der Waals surface area contributed by atoms with Gasteiger partial charge >= 0.3 is 0 Å². The lowest BCUT2D eigenvalue weighted by Gasteiger charge is -2.17. The Kier molecular flexibility index (Phi) is 3.92. The molecule has 0 aromatic rings. The van der Waals surface area contributed by atoms with Gasteiger partial charge in [-0.05, 0) is 26.7 Å². The molecule has 0 atom stereocenters. The predicted molar refractivity (Wildman–Crippen MR) is 57.1 cm³/mol. The van der Waals surface area contributed by atoms with Crippen molar-refractivity contribution in [2.75, 3.05) is 19.6 Å². The van der Waals surface area contributed by atoms with E-state index in [-0.39, 0.29) is 12.5 Å². The van der Waals surface area contributed by atoms with Crippen molar-refractivity contribution in [3.8, 4) is 0 Å². The van der Waals surface area contributed by atoms with E-state index in [1.165, 1.54) is 0 Å². The second kappa shape index (κ2) is 4.98. The Bertz CT molecular complexity index is 230. The summed E-state index contributed by atoms with van der Waals surface area (Å²) in [6.45, 7) is 5.64. The van der Waals surface area contributed by atoms with Crippen LogP contribution in [0.5, 0.6) is 0 Å². The number of carbonyl (C=O) groups excluding carboxylic acids is 1. The van der Waals surface area contributed by atoms with Gasteiger partial charge in [0, 0.05) is 19.0 Å². The number of hydrogen-bond acceptors (Lipinski definition) is 2. The Labute approximate surface area is 85.2 Å². The van der Waals surface area contributed by atoms with Crippen molar-refractivity contribution < 1.29 is 4.79 Å². The van der Waals surface area contributed by atoms with E-state index < -0.39 is 0 Å². The molecule has 0 heterocycles. The third kappa shape index (κ3) is 3.01. The van der Waals surface area contributed by atoms with Crippen LogP contribution in [0.25, 0.3) is 0 Å². The minimum atomic E-state index is 0.0681. The van der Waals surface area contributed by atoms with Gasteiger partial charge < -0.3 is 10.6 Å². The summed E-state index contributed by atoms with van der Waals surface area (Å²) in [7, 11) is 0. The number of likely N-dealkylation sites (N-methyl/N-ethyl adjacent to an activating group) is 1. The molecule has 14 heavy (non-hydrogen) atoms. The number of carbonyl (C=O) groups is 1. The molecule has 4 nitrogen and oxygen atoms in total. The number of aliphatic imine (C=N–C) groups is 1. The fourth-order valence-electron chi connectivity index (χ4n) is 1.34. The normalized spacial score (nSPS) is 16.9. The molecule has 4 heteroatoms. The van der Waals surface area contributed by atoms with E-state index in [2.05, 4.69) is 4.99 Å². The second-order valence-corrected chi connectivity index (χ2v) is 3.58. The standard InChI is InChI=1S/C10H19N3O/c1-3-13(4-2)9(14)7-12-10(11)8-5-6-8/h8H,3-7H2,1-2H3,(H2,11,12). The Balaban J connectivity index is 2.35. The van der Waals surface area contributed by atoms with E-state index in [1.807, 2.05) is 13.8 Å². The number of nitrogens with zero attached hydrogens (tertiary/aromatic N) is 2. The van der Waals surface area contributed by atoms with Gasteiger partial charge in [-0.3, -0.25) is 9.79 Å². The van der Waals surface area contributed by atoms with Gasteiger partial charge in [-0.2, -0.15) is 0 Å². The molecule has 0 saturated heterocycles. The molecule has 80 valence electrons. The van der Waals surface area contributed by atoms with Crippen LogP contribution in [-0.4, -0.2) is 36.3 Å². The molecular formula is C10H19N3O. The van der Waals surface area contributed by atoms with Crippen LogP contribution < -0.4 is 5.73 Å². The Hall–Kier alpha value is -1.06. The van der Waals surface area contributed by atoms with Gasteiger partial charge in [-0.25, -0.2) is 0 Å². The number of hydrogen-bond donors (Lipinski definition) is 1. The zero-order chi connectivity index (χ0) is 10.6. The molecule has 1 rings (SSSR count). The van der Waals surface area contributed by atoms with Gasteiger partial charge in [0.2, 0.25) is 5.91 Å². The SMILES string of the molecule is CCN(CC)C(=O)CN=C(N)C1CC1. The fraction of sp³-hybridized carbons (Fsp3) is 0.800. The molecule has 0 aromatic carbocycles. The molecule has 1 aliphatic rings. The average molecular weight is 197 g/mol. The first-order chi connectivity index (χ1) is 6.69. The highest BCUT2D eigenvalue weighted by molar-refractivity contribution is 5.88. The summed E-state index contributed by atoms with van der Waals surface area (Å²) in [4.78, 5) is 17.4. The minimum Gasteiger partial charge on any atom is -0.387 e. The highest BCUT2D eigenvalue weighted by atomic mass is 16.2. The number of nitrogens with two attached hydrogens (primary N) is 1. The molecular weight excluding hydrogens is 178 g/mol. The lowest BCUT2D eigenvalue weighted by Crippen LogP contribution is -2.33. The minimum absolute atomic E-state index is 0.0681. The van der Waals surface area contributed by atoms with Crippen LogP contribution in [0.2, 0.25) is 0 Å². The topological polar surface area (TPSA) is 58.7 Å². The average Bonchev–Trinajstić information content (AvgIpc) is 2.99. The molecule has 0 spiro atoms. The number of amidine groups is 1. The van der Waals surface area contributed by atoms with Crippen molar-refractivity contribution >= 4 is 11.7 Å². The first-order valence-electron chi connectivity index (χ1n) is 5.26. The van der Waals surface area contributed by atoms with E-state index in [1.54, 1.807) is 4.90 Å². The van der Waals surface area contributed by atoms with Crippen LogP contribution in [0.4, 0.5) is 0 Å². The van der Waals surface area contributed by atoms with Crippen LogP contribution >= 0.6 is 0 Å². The number of amides is 1. The van der Waals surface area contributed by atoms with Gasteiger partial charge in [0.25, 0.3) is 0 Å². The van der Waals surface area contributed by atoms with E-state index in [0.29, 0.717) is 11.8 Å². The van der Waals surface area contributed by atoms with Crippen LogP contribution in [0.15, 0.2) is 4.99 Å². The van der Waals surface area contributed by atoms with Gasteiger partial charge in [0.05, 0.1) is 5.84 Å². The molecule has 0 aromatic heterocycles. The predicted octanol–water partition coefficient (Wildman–Crippen LogP) is 0.622. The maximum absolute atomic E-state index is 11.5. The quantitative estimate of drug-likeness (QED) is 0.519. The Morgan fingerprint density at radius 1 is 1.43 bits per heavy atom. The van der Waals surface area contributed by atoms with Gasteiger partial charge in [-0.1, -0.05) is 0 Å². The first kappa shape index (κ1) is 11.0. The van der Waals surface area contributed by atoms with Crippen molar-refractivity contribution in [3.05, 3.63) is 0 Å². The molecule has 0 radical (unpaired) electrons. The maximum Gasteiger partial charge on any atom is 0.244 e. The zero-order valence-electron chi connectivity index (χ0n) is 8.99. The summed E-state index contributed by atoms with van der Waals surface area (Å²) < 4.78 is 0. The lowest BCUT2D eigenvalue weighted by molar-refractivity contribution is -0.129. The monoisotopic (exact) mass is 197 g/mol. The summed E-state index contributed by atoms with van der Waals surface area (Å²) in [5.74, 6) is 1.18. The first-order valence-corrected chi connectivity index (χ1v) is 5.26. The van der Waals surface area contributed by atoms with Crippen LogP contribution in [0.1, 0.15) is 26.7 Å². The summed E-state index contributed by atoms with van der Waals surface area (Å²) >= 11 is 0. The third-order valence-electron chi connectivity index (χ3n) is 2.51.